The number of anilines is 1. The predicted octanol–water partition coefficient (Wildman–Crippen LogP) is 4.49. The molecule has 0 aliphatic rings. The molecule has 1 heterocycles. The van der Waals surface area contributed by atoms with Crippen molar-refractivity contribution in [2.24, 2.45) is 0 Å². The fourth-order valence-corrected chi connectivity index (χ4v) is 3.22. The van der Waals surface area contributed by atoms with Gasteiger partial charge in [-0.15, -0.1) is 11.3 Å². The number of nitrogens with one attached hydrogen (secondary N) is 1. The van der Waals surface area contributed by atoms with Crippen LogP contribution in [-0.4, -0.2) is 23.3 Å². The standard InChI is InChI=1S/C21H19FN2O3S/c1-14(25)5-6-15-7-9-18(10-8-15)27-12-20(26)24-21-23-19(13-28-21)16-3-2-4-17(22)11-16/h2-4,7-11,13H,5-6,12H2,1H3,(H,23,24,26). The van der Waals surface area contributed by atoms with Gasteiger partial charge in [0.1, 0.15) is 17.3 Å². The minimum atomic E-state index is -0.336. The first kappa shape index (κ1) is 19.7. The summed E-state index contributed by atoms with van der Waals surface area (Å²) in [5.74, 6) is 0.0543. The van der Waals surface area contributed by atoms with Crippen LogP contribution in [0.15, 0.2) is 53.9 Å². The van der Waals surface area contributed by atoms with E-state index in [1.54, 1.807) is 36.6 Å². The number of hydrogen-bond donors (Lipinski definition) is 1. The molecule has 28 heavy (non-hydrogen) atoms. The van der Waals surface area contributed by atoms with Gasteiger partial charge < -0.3 is 9.53 Å². The molecule has 0 fully saturated rings. The number of hydrogen-bond acceptors (Lipinski definition) is 5. The summed E-state index contributed by atoms with van der Waals surface area (Å²) in [6.07, 6.45) is 1.20. The molecular weight excluding hydrogens is 379 g/mol. The largest absolute Gasteiger partial charge is 0.484 e. The third-order valence-electron chi connectivity index (χ3n) is 3.93. The zero-order chi connectivity index (χ0) is 19.9. The molecule has 0 spiro atoms. The van der Waals surface area contributed by atoms with Crippen molar-refractivity contribution >= 4 is 28.2 Å². The van der Waals surface area contributed by atoms with E-state index in [4.69, 9.17) is 4.74 Å². The molecule has 0 aliphatic heterocycles. The maximum absolute atomic E-state index is 13.3. The molecule has 3 rings (SSSR count). The summed E-state index contributed by atoms with van der Waals surface area (Å²) in [4.78, 5) is 27.4. The average Bonchev–Trinajstić information content (AvgIpc) is 3.14. The van der Waals surface area contributed by atoms with Crippen LogP contribution in [0.3, 0.4) is 0 Å². The van der Waals surface area contributed by atoms with Gasteiger partial charge in [0, 0.05) is 17.4 Å². The fourth-order valence-electron chi connectivity index (χ4n) is 2.49. The molecule has 7 heteroatoms. The van der Waals surface area contributed by atoms with Crippen molar-refractivity contribution in [3.63, 3.8) is 0 Å². The van der Waals surface area contributed by atoms with E-state index in [2.05, 4.69) is 10.3 Å². The SMILES string of the molecule is CC(=O)CCc1ccc(OCC(=O)Nc2nc(-c3cccc(F)c3)cs2)cc1. The first-order valence-electron chi connectivity index (χ1n) is 8.72. The second-order valence-corrected chi connectivity index (χ2v) is 7.09. The maximum atomic E-state index is 13.3. The molecule has 1 N–H and O–H groups in total. The highest BCUT2D eigenvalue weighted by Gasteiger charge is 2.09. The van der Waals surface area contributed by atoms with Crippen molar-refractivity contribution in [3.8, 4) is 17.0 Å². The molecule has 2 aromatic carbocycles. The zero-order valence-electron chi connectivity index (χ0n) is 15.3. The predicted molar refractivity (Wildman–Crippen MR) is 107 cm³/mol. The number of Topliss-reactive ketones (excluding diaryl/α,β-unsaturated/α-hetero) is 1. The van der Waals surface area contributed by atoms with Gasteiger partial charge in [0.05, 0.1) is 5.69 Å². The molecule has 5 nitrogen and oxygen atoms in total. The van der Waals surface area contributed by atoms with Gasteiger partial charge in [0.2, 0.25) is 0 Å². The molecule has 1 aromatic heterocycles. The number of aromatic nitrogens is 1. The van der Waals surface area contributed by atoms with Crippen LogP contribution in [0.5, 0.6) is 5.75 Å². The Morgan fingerprint density at radius 2 is 1.96 bits per heavy atom. The summed E-state index contributed by atoms with van der Waals surface area (Å²) < 4.78 is 18.8. The van der Waals surface area contributed by atoms with Crippen LogP contribution in [0.25, 0.3) is 11.3 Å². The van der Waals surface area contributed by atoms with Gasteiger partial charge in [-0.25, -0.2) is 9.37 Å². The number of carbonyl (C=O) groups is 2. The van der Waals surface area contributed by atoms with Gasteiger partial charge in [0.25, 0.3) is 5.91 Å². The van der Waals surface area contributed by atoms with Gasteiger partial charge in [-0.05, 0) is 43.2 Å². The highest BCUT2D eigenvalue weighted by atomic mass is 32.1. The quantitative estimate of drug-likeness (QED) is 0.607. The Morgan fingerprint density at radius 1 is 1.18 bits per heavy atom. The minimum Gasteiger partial charge on any atom is -0.484 e. The number of ketones is 1. The van der Waals surface area contributed by atoms with Crippen LogP contribution in [0.4, 0.5) is 9.52 Å². The first-order chi connectivity index (χ1) is 13.5. The van der Waals surface area contributed by atoms with Crippen molar-refractivity contribution < 1.29 is 18.7 Å². The highest BCUT2D eigenvalue weighted by Crippen LogP contribution is 2.25. The Morgan fingerprint density at radius 3 is 2.68 bits per heavy atom. The third-order valence-corrected chi connectivity index (χ3v) is 4.69. The summed E-state index contributed by atoms with van der Waals surface area (Å²) in [6.45, 7) is 1.42. The Bertz CT molecular complexity index is 970. The lowest BCUT2D eigenvalue weighted by Gasteiger charge is -2.07. The van der Waals surface area contributed by atoms with Gasteiger partial charge >= 0.3 is 0 Å². The highest BCUT2D eigenvalue weighted by molar-refractivity contribution is 7.14. The molecule has 0 saturated heterocycles. The van der Waals surface area contributed by atoms with Gasteiger partial charge in [-0.1, -0.05) is 24.3 Å². The molecule has 0 bridgehead atoms. The average molecular weight is 398 g/mol. The van der Waals surface area contributed by atoms with E-state index >= 15 is 0 Å². The van der Waals surface area contributed by atoms with Gasteiger partial charge in [-0.2, -0.15) is 0 Å². The molecule has 3 aromatic rings. The molecule has 0 radical (unpaired) electrons. The monoisotopic (exact) mass is 398 g/mol. The van der Waals surface area contributed by atoms with Crippen LogP contribution in [0.1, 0.15) is 18.9 Å². The van der Waals surface area contributed by atoms with E-state index in [0.29, 0.717) is 35.0 Å². The van der Waals surface area contributed by atoms with E-state index in [-0.39, 0.29) is 24.1 Å². The summed E-state index contributed by atoms with van der Waals surface area (Å²) in [5, 5.41) is 4.85. The Kier molecular flexibility index (Phi) is 6.49. The first-order valence-corrected chi connectivity index (χ1v) is 9.60. The molecule has 0 saturated carbocycles. The molecule has 0 aliphatic carbocycles. The van der Waals surface area contributed by atoms with Gasteiger partial charge in [-0.3, -0.25) is 10.1 Å². The fraction of sp³-hybridized carbons (Fsp3) is 0.190. The Hall–Kier alpha value is -3.06. The number of rotatable bonds is 8. The van der Waals surface area contributed by atoms with Crippen LogP contribution < -0.4 is 10.1 Å². The number of thiazole rings is 1. The van der Waals surface area contributed by atoms with Crippen molar-refractivity contribution in [3.05, 3.63) is 65.3 Å². The van der Waals surface area contributed by atoms with E-state index < -0.39 is 0 Å². The minimum absolute atomic E-state index is 0.151. The number of nitrogens with zero attached hydrogens (tertiary/aromatic N) is 1. The molecular formula is C21H19FN2O3S. The number of benzene rings is 2. The topological polar surface area (TPSA) is 68.3 Å². The van der Waals surface area contributed by atoms with Crippen molar-refractivity contribution in [2.45, 2.75) is 19.8 Å². The molecule has 1 amide bonds. The summed E-state index contributed by atoms with van der Waals surface area (Å²) in [7, 11) is 0. The number of amides is 1. The summed E-state index contributed by atoms with van der Waals surface area (Å²) in [6, 6.07) is 13.4. The van der Waals surface area contributed by atoms with Crippen molar-refractivity contribution in [2.75, 3.05) is 11.9 Å². The van der Waals surface area contributed by atoms with Crippen LogP contribution in [0, 0.1) is 5.82 Å². The lowest BCUT2D eigenvalue weighted by molar-refractivity contribution is -0.118. The second kappa shape index (κ2) is 9.23. The van der Waals surface area contributed by atoms with Crippen LogP contribution >= 0.6 is 11.3 Å². The molecule has 0 unspecified atom stereocenters. The van der Waals surface area contributed by atoms with E-state index in [0.717, 1.165) is 5.56 Å². The van der Waals surface area contributed by atoms with E-state index in [1.807, 2.05) is 12.1 Å². The van der Waals surface area contributed by atoms with E-state index in [9.17, 15) is 14.0 Å². The Balaban J connectivity index is 1.50. The lowest BCUT2D eigenvalue weighted by Crippen LogP contribution is -2.20. The molecule has 144 valence electrons. The normalized spacial score (nSPS) is 10.5. The van der Waals surface area contributed by atoms with Crippen molar-refractivity contribution in [1.82, 2.24) is 4.98 Å². The number of halogens is 1. The number of ether oxygens (including phenoxy) is 1. The van der Waals surface area contributed by atoms with Crippen LogP contribution in [-0.2, 0) is 16.0 Å². The molecule has 0 atom stereocenters. The maximum Gasteiger partial charge on any atom is 0.264 e. The van der Waals surface area contributed by atoms with E-state index in [1.165, 1.54) is 23.5 Å². The van der Waals surface area contributed by atoms with Crippen molar-refractivity contribution in [1.29, 1.82) is 0 Å². The van der Waals surface area contributed by atoms with Gasteiger partial charge in [0.15, 0.2) is 11.7 Å². The van der Waals surface area contributed by atoms with Crippen LogP contribution in [0.2, 0.25) is 0 Å². The smallest absolute Gasteiger partial charge is 0.264 e. The second-order valence-electron chi connectivity index (χ2n) is 6.23. The lowest BCUT2D eigenvalue weighted by atomic mass is 10.1. The third kappa shape index (κ3) is 5.72. The number of aryl methyl sites for hydroxylation is 1. The number of carbonyl (C=O) groups excluding carboxylic acids is 2. The summed E-state index contributed by atoms with van der Waals surface area (Å²) >= 11 is 1.26. The Labute approximate surface area is 166 Å². The summed E-state index contributed by atoms with van der Waals surface area (Å²) in [5.41, 5.74) is 2.29. The zero-order valence-corrected chi connectivity index (χ0v) is 16.1.